The molecule has 0 unspecified atom stereocenters. The molecule has 0 radical (unpaired) electrons. The SMILES string of the molecule is Cl.NC(=O)[C@@H]1CCCN1. The van der Waals surface area contributed by atoms with Gasteiger partial charge in [0, 0.05) is 0 Å². The van der Waals surface area contributed by atoms with Crippen molar-refractivity contribution in [2.24, 2.45) is 5.73 Å². The van der Waals surface area contributed by atoms with E-state index in [4.69, 9.17) is 5.73 Å². The van der Waals surface area contributed by atoms with Crippen LogP contribution in [0.2, 0.25) is 0 Å². The Balaban J connectivity index is 0.000000640. The topological polar surface area (TPSA) is 55.1 Å². The van der Waals surface area contributed by atoms with Gasteiger partial charge in [0.05, 0.1) is 6.04 Å². The van der Waals surface area contributed by atoms with Crippen molar-refractivity contribution in [1.82, 2.24) is 5.32 Å². The number of halogens is 1. The van der Waals surface area contributed by atoms with E-state index in [1.54, 1.807) is 0 Å². The maximum Gasteiger partial charge on any atom is 0.234 e. The van der Waals surface area contributed by atoms with Crippen LogP contribution >= 0.6 is 12.4 Å². The predicted octanol–water partition coefficient (Wildman–Crippen LogP) is -0.355. The van der Waals surface area contributed by atoms with E-state index < -0.39 is 0 Å². The van der Waals surface area contributed by atoms with E-state index in [1.165, 1.54) is 0 Å². The zero-order chi connectivity index (χ0) is 5.98. The highest BCUT2D eigenvalue weighted by atomic mass is 35.5. The number of amides is 1. The number of primary amides is 1. The maximum atomic E-state index is 10.4. The van der Waals surface area contributed by atoms with Crippen molar-refractivity contribution in [1.29, 1.82) is 0 Å². The van der Waals surface area contributed by atoms with Gasteiger partial charge in [-0.3, -0.25) is 4.79 Å². The molecule has 0 spiro atoms. The summed E-state index contributed by atoms with van der Waals surface area (Å²) in [4.78, 5) is 10.4. The molecule has 3 N–H and O–H groups in total. The molecule has 9 heavy (non-hydrogen) atoms. The van der Waals surface area contributed by atoms with E-state index in [0.717, 1.165) is 19.4 Å². The first kappa shape index (κ1) is 8.72. The molecule has 0 aliphatic carbocycles. The Morgan fingerprint density at radius 1 is 1.67 bits per heavy atom. The molecule has 1 aliphatic rings. The number of carbonyl (C=O) groups is 1. The summed E-state index contributed by atoms with van der Waals surface area (Å²) in [5, 5.41) is 2.98. The Morgan fingerprint density at radius 3 is 2.56 bits per heavy atom. The Hall–Kier alpha value is -0.280. The molecule has 1 heterocycles. The average Bonchev–Trinajstić information content (AvgIpc) is 2.12. The van der Waals surface area contributed by atoms with Gasteiger partial charge in [-0.2, -0.15) is 0 Å². The zero-order valence-electron chi connectivity index (χ0n) is 5.09. The second-order valence-electron chi connectivity index (χ2n) is 2.05. The Bertz CT molecular complexity index is 101. The molecule has 0 saturated carbocycles. The Labute approximate surface area is 60.4 Å². The summed E-state index contributed by atoms with van der Waals surface area (Å²) in [5.74, 6) is -0.220. The van der Waals surface area contributed by atoms with Gasteiger partial charge in [-0.15, -0.1) is 12.4 Å². The standard InChI is InChI=1S/C5H10N2O.ClH/c6-5(8)4-2-1-3-7-4;/h4,7H,1-3H2,(H2,6,8);1H/t4-;/m0./s1. The van der Waals surface area contributed by atoms with E-state index in [0.29, 0.717) is 0 Å². The smallest absolute Gasteiger partial charge is 0.234 e. The summed E-state index contributed by atoms with van der Waals surface area (Å²) in [6, 6.07) is -0.0463. The highest BCUT2D eigenvalue weighted by Crippen LogP contribution is 2.02. The van der Waals surface area contributed by atoms with Crippen molar-refractivity contribution in [3.8, 4) is 0 Å². The van der Waals surface area contributed by atoms with Gasteiger partial charge >= 0.3 is 0 Å². The number of rotatable bonds is 1. The van der Waals surface area contributed by atoms with Gasteiger partial charge in [0.2, 0.25) is 5.91 Å². The number of hydrogen-bond acceptors (Lipinski definition) is 2. The molecule has 3 nitrogen and oxygen atoms in total. The molecule has 0 aromatic rings. The molecular formula is C5H11ClN2O. The molecule has 0 bridgehead atoms. The van der Waals surface area contributed by atoms with Crippen LogP contribution in [0.5, 0.6) is 0 Å². The first-order valence-corrected chi connectivity index (χ1v) is 2.83. The largest absolute Gasteiger partial charge is 0.368 e. The minimum atomic E-state index is -0.220. The Kier molecular flexibility index (Phi) is 3.58. The van der Waals surface area contributed by atoms with Crippen molar-refractivity contribution in [3.63, 3.8) is 0 Å². The zero-order valence-corrected chi connectivity index (χ0v) is 5.91. The van der Waals surface area contributed by atoms with Crippen molar-refractivity contribution in [2.75, 3.05) is 6.54 Å². The predicted molar refractivity (Wildman–Crippen MR) is 37.5 cm³/mol. The first-order chi connectivity index (χ1) is 3.80. The van der Waals surface area contributed by atoms with Gasteiger partial charge < -0.3 is 11.1 Å². The minimum Gasteiger partial charge on any atom is -0.368 e. The number of nitrogens with one attached hydrogen (secondary N) is 1. The fraction of sp³-hybridized carbons (Fsp3) is 0.800. The molecule has 0 aromatic heterocycles. The molecule has 4 heteroatoms. The van der Waals surface area contributed by atoms with Gasteiger partial charge in [0.1, 0.15) is 0 Å². The molecule has 1 fully saturated rings. The van der Waals surface area contributed by atoms with Crippen LogP contribution in [0.25, 0.3) is 0 Å². The van der Waals surface area contributed by atoms with Crippen LogP contribution in [0.15, 0.2) is 0 Å². The van der Waals surface area contributed by atoms with E-state index in [9.17, 15) is 4.79 Å². The minimum absolute atomic E-state index is 0. The van der Waals surface area contributed by atoms with Gasteiger partial charge in [0.15, 0.2) is 0 Å². The third-order valence-corrected chi connectivity index (χ3v) is 1.40. The van der Waals surface area contributed by atoms with Crippen molar-refractivity contribution >= 4 is 18.3 Å². The van der Waals surface area contributed by atoms with Crippen LogP contribution in [-0.2, 0) is 4.79 Å². The maximum absolute atomic E-state index is 10.4. The van der Waals surface area contributed by atoms with E-state index in [-0.39, 0.29) is 24.4 Å². The fourth-order valence-electron chi connectivity index (χ4n) is 0.927. The van der Waals surface area contributed by atoms with Gasteiger partial charge in [-0.1, -0.05) is 0 Å². The van der Waals surface area contributed by atoms with Crippen LogP contribution in [-0.4, -0.2) is 18.5 Å². The summed E-state index contributed by atoms with van der Waals surface area (Å²) in [6.45, 7) is 0.938. The average molecular weight is 151 g/mol. The van der Waals surface area contributed by atoms with Crippen LogP contribution in [0.4, 0.5) is 0 Å². The van der Waals surface area contributed by atoms with Crippen molar-refractivity contribution in [2.45, 2.75) is 18.9 Å². The van der Waals surface area contributed by atoms with Gasteiger partial charge in [0.25, 0.3) is 0 Å². The summed E-state index contributed by atoms with van der Waals surface area (Å²) in [7, 11) is 0. The third-order valence-electron chi connectivity index (χ3n) is 1.40. The summed E-state index contributed by atoms with van der Waals surface area (Å²) in [5.41, 5.74) is 5.00. The molecular weight excluding hydrogens is 140 g/mol. The molecule has 1 atom stereocenters. The lowest BCUT2D eigenvalue weighted by Crippen LogP contribution is -2.36. The fourth-order valence-corrected chi connectivity index (χ4v) is 0.927. The first-order valence-electron chi connectivity index (χ1n) is 2.83. The number of hydrogen-bond donors (Lipinski definition) is 2. The second kappa shape index (κ2) is 3.69. The normalized spacial score (nSPS) is 25.1. The van der Waals surface area contributed by atoms with E-state index >= 15 is 0 Å². The Morgan fingerprint density at radius 2 is 2.33 bits per heavy atom. The molecule has 1 aliphatic heterocycles. The number of carbonyl (C=O) groups excluding carboxylic acids is 1. The lowest BCUT2D eigenvalue weighted by Gasteiger charge is -2.01. The highest BCUT2D eigenvalue weighted by Gasteiger charge is 2.18. The second-order valence-corrected chi connectivity index (χ2v) is 2.05. The lowest BCUT2D eigenvalue weighted by molar-refractivity contribution is -0.119. The number of nitrogens with two attached hydrogens (primary N) is 1. The van der Waals surface area contributed by atoms with Crippen LogP contribution in [0, 0.1) is 0 Å². The van der Waals surface area contributed by atoms with Crippen LogP contribution in [0.1, 0.15) is 12.8 Å². The summed E-state index contributed by atoms with van der Waals surface area (Å²) in [6.07, 6.45) is 1.99. The summed E-state index contributed by atoms with van der Waals surface area (Å²) < 4.78 is 0. The highest BCUT2D eigenvalue weighted by molar-refractivity contribution is 5.85. The summed E-state index contributed by atoms with van der Waals surface area (Å²) >= 11 is 0. The van der Waals surface area contributed by atoms with E-state index in [2.05, 4.69) is 5.32 Å². The van der Waals surface area contributed by atoms with Crippen LogP contribution in [0.3, 0.4) is 0 Å². The van der Waals surface area contributed by atoms with Crippen molar-refractivity contribution < 1.29 is 4.79 Å². The quantitative estimate of drug-likeness (QED) is 0.537. The van der Waals surface area contributed by atoms with Crippen molar-refractivity contribution in [3.05, 3.63) is 0 Å². The molecule has 1 amide bonds. The molecule has 1 rings (SSSR count). The van der Waals surface area contributed by atoms with Gasteiger partial charge in [-0.25, -0.2) is 0 Å². The lowest BCUT2D eigenvalue weighted by atomic mass is 10.2. The van der Waals surface area contributed by atoms with Crippen LogP contribution < -0.4 is 11.1 Å². The molecule has 0 aromatic carbocycles. The monoisotopic (exact) mass is 150 g/mol. The van der Waals surface area contributed by atoms with Gasteiger partial charge in [-0.05, 0) is 19.4 Å². The van der Waals surface area contributed by atoms with E-state index in [1.807, 2.05) is 0 Å². The molecule has 54 valence electrons. The third kappa shape index (κ3) is 2.20. The molecule has 1 saturated heterocycles.